The van der Waals surface area contributed by atoms with Crippen LogP contribution in [0.1, 0.15) is 28.4 Å². The first-order valence-electron chi connectivity index (χ1n) is 7.47. The van der Waals surface area contributed by atoms with Crippen LogP contribution in [0.2, 0.25) is 5.02 Å². The average molecular weight is 382 g/mol. The fraction of sp³-hybridized carbons (Fsp3) is 0.222. The number of aryl methyl sites for hydroxylation is 1. The van der Waals surface area contributed by atoms with Gasteiger partial charge in [-0.1, -0.05) is 41.4 Å². The number of carboxylic acids is 1. The summed E-state index contributed by atoms with van der Waals surface area (Å²) in [5.74, 6) is -1.21. The van der Waals surface area contributed by atoms with Crippen molar-refractivity contribution in [2.45, 2.75) is 26.5 Å². The third-order valence-electron chi connectivity index (χ3n) is 3.93. The number of hydrogen-bond donors (Lipinski definition) is 1. The molecule has 0 spiro atoms. The number of carboxylic acid groups (broad SMARTS) is 1. The van der Waals surface area contributed by atoms with Gasteiger partial charge in [0.1, 0.15) is 5.56 Å². The van der Waals surface area contributed by atoms with Gasteiger partial charge in [0.15, 0.2) is 11.9 Å². The summed E-state index contributed by atoms with van der Waals surface area (Å²) in [7, 11) is 0. The van der Waals surface area contributed by atoms with Gasteiger partial charge in [-0.25, -0.2) is 4.79 Å². The van der Waals surface area contributed by atoms with Crippen molar-refractivity contribution in [2.24, 2.45) is 0 Å². The van der Waals surface area contributed by atoms with Crippen molar-refractivity contribution in [3.63, 3.8) is 0 Å². The first kappa shape index (κ1) is 19.1. The summed E-state index contributed by atoms with van der Waals surface area (Å²) < 4.78 is 5.55. The lowest BCUT2D eigenvalue weighted by molar-refractivity contribution is -0.125. The molecule has 1 aliphatic heterocycles. The molecule has 1 heterocycles. The lowest BCUT2D eigenvalue weighted by Gasteiger charge is -2.34. The van der Waals surface area contributed by atoms with Crippen molar-refractivity contribution >= 4 is 41.6 Å². The first-order valence-corrected chi connectivity index (χ1v) is 7.85. The summed E-state index contributed by atoms with van der Waals surface area (Å²) in [6, 6.07) is 10.7. The van der Waals surface area contributed by atoms with Gasteiger partial charge in [-0.05, 0) is 31.5 Å². The Balaban J connectivity index is 0.00000225. The molecule has 1 amide bonds. The number of carbonyl (C=O) groups is 2. The summed E-state index contributed by atoms with van der Waals surface area (Å²) in [6.07, 6.45) is -0.762. The van der Waals surface area contributed by atoms with Gasteiger partial charge < -0.3 is 14.7 Å². The molecule has 5 nitrogen and oxygen atoms in total. The largest absolute Gasteiger partial charge is 0.478 e. The molecule has 0 aliphatic carbocycles. The molecule has 25 heavy (non-hydrogen) atoms. The standard InChI is InChI=1S/C18H16ClNO4.ClH/c1-10-3-5-12(6-4-10)9-20-15-8-13(19)7-14(18(22)23)16(15)24-11(2)17(20)21;/h3-8,11H,9H2,1-2H3,(H,22,23);1H. The fourth-order valence-corrected chi connectivity index (χ4v) is 2.88. The molecule has 1 unspecified atom stereocenters. The highest BCUT2D eigenvalue weighted by Crippen LogP contribution is 2.40. The number of rotatable bonds is 3. The molecule has 2 aromatic carbocycles. The van der Waals surface area contributed by atoms with Gasteiger partial charge in [0, 0.05) is 5.02 Å². The van der Waals surface area contributed by atoms with E-state index in [-0.39, 0.29) is 34.6 Å². The Hall–Kier alpha value is -2.24. The topological polar surface area (TPSA) is 66.8 Å². The molecule has 0 saturated heterocycles. The molecule has 0 saturated carbocycles. The van der Waals surface area contributed by atoms with E-state index in [1.54, 1.807) is 13.0 Å². The average Bonchev–Trinajstić information content (AvgIpc) is 2.53. The van der Waals surface area contributed by atoms with Crippen molar-refractivity contribution < 1.29 is 19.4 Å². The summed E-state index contributed by atoms with van der Waals surface area (Å²) in [5, 5.41) is 9.62. The van der Waals surface area contributed by atoms with Crippen LogP contribution in [-0.4, -0.2) is 23.1 Å². The van der Waals surface area contributed by atoms with Crippen molar-refractivity contribution in [3.8, 4) is 5.75 Å². The highest BCUT2D eigenvalue weighted by molar-refractivity contribution is 6.31. The van der Waals surface area contributed by atoms with Gasteiger partial charge in [0.2, 0.25) is 0 Å². The van der Waals surface area contributed by atoms with Crippen LogP contribution in [0.25, 0.3) is 0 Å². The normalized spacial score (nSPS) is 15.9. The number of ether oxygens (including phenoxy) is 1. The van der Waals surface area contributed by atoms with Crippen LogP contribution >= 0.6 is 24.0 Å². The molecular weight excluding hydrogens is 365 g/mol. The Labute approximate surface area is 156 Å². The quantitative estimate of drug-likeness (QED) is 0.869. The van der Waals surface area contributed by atoms with E-state index in [0.29, 0.717) is 12.2 Å². The second-order valence-corrected chi connectivity index (χ2v) is 6.21. The van der Waals surface area contributed by atoms with E-state index in [0.717, 1.165) is 11.1 Å². The van der Waals surface area contributed by atoms with E-state index in [1.807, 2.05) is 31.2 Å². The minimum absolute atomic E-state index is 0. The molecule has 0 fully saturated rings. The molecule has 0 aromatic heterocycles. The fourth-order valence-electron chi connectivity index (χ4n) is 2.67. The second kappa shape index (κ2) is 7.33. The molecule has 132 valence electrons. The van der Waals surface area contributed by atoms with E-state index in [2.05, 4.69) is 0 Å². The Bertz CT molecular complexity index is 821. The van der Waals surface area contributed by atoms with E-state index in [4.69, 9.17) is 16.3 Å². The summed E-state index contributed by atoms with van der Waals surface area (Å²) >= 11 is 6.04. The number of anilines is 1. The molecule has 1 aliphatic rings. The zero-order chi connectivity index (χ0) is 17.4. The molecule has 7 heteroatoms. The van der Waals surface area contributed by atoms with Gasteiger partial charge in [0.05, 0.1) is 12.2 Å². The van der Waals surface area contributed by atoms with E-state index in [9.17, 15) is 14.7 Å². The Kier molecular flexibility index (Phi) is 5.60. The van der Waals surface area contributed by atoms with Crippen LogP contribution in [0.5, 0.6) is 5.75 Å². The van der Waals surface area contributed by atoms with Crippen LogP contribution < -0.4 is 9.64 Å². The smallest absolute Gasteiger partial charge is 0.339 e. The molecule has 3 rings (SSSR count). The minimum Gasteiger partial charge on any atom is -0.478 e. The van der Waals surface area contributed by atoms with Crippen molar-refractivity contribution in [3.05, 3.63) is 58.1 Å². The maximum Gasteiger partial charge on any atom is 0.339 e. The van der Waals surface area contributed by atoms with Gasteiger partial charge in [0.25, 0.3) is 5.91 Å². The highest BCUT2D eigenvalue weighted by Gasteiger charge is 2.34. The monoisotopic (exact) mass is 381 g/mol. The molecule has 0 bridgehead atoms. The molecule has 1 atom stereocenters. The van der Waals surface area contributed by atoms with Gasteiger partial charge in [-0.15, -0.1) is 12.4 Å². The van der Waals surface area contributed by atoms with Gasteiger partial charge in [-0.3, -0.25) is 4.79 Å². The van der Waals surface area contributed by atoms with Crippen molar-refractivity contribution in [1.29, 1.82) is 0 Å². The SMILES string of the molecule is Cc1ccc(CN2C(=O)C(C)Oc3c(C(=O)O)cc(Cl)cc32)cc1.Cl. The zero-order valence-corrected chi connectivity index (χ0v) is 15.2. The molecule has 1 N–H and O–H groups in total. The number of fused-ring (bicyclic) bond motifs is 1. The van der Waals surface area contributed by atoms with E-state index in [1.165, 1.54) is 11.0 Å². The van der Waals surface area contributed by atoms with Gasteiger partial charge >= 0.3 is 5.97 Å². The molecular formula is C18H17Cl2NO4. The number of amides is 1. The summed E-state index contributed by atoms with van der Waals surface area (Å²) in [6.45, 7) is 3.91. The van der Waals surface area contributed by atoms with Crippen LogP contribution in [0, 0.1) is 6.92 Å². The lowest BCUT2D eigenvalue weighted by atomic mass is 10.1. The summed E-state index contributed by atoms with van der Waals surface area (Å²) in [5.41, 5.74) is 2.39. The number of carbonyl (C=O) groups excluding carboxylic acids is 1. The maximum atomic E-state index is 12.6. The molecule has 0 radical (unpaired) electrons. The third kappa shape index (κ3) is 3.72. The first-order chi connectivity index (χ1) is 11.4. The number of halogens is 2. The number of aromatic carboxylic acids is 1. The summed E-state index contributed by atoms with van der Waals surface area (Å²) in [4.78, 5) is 25.6. The van der Waals surface area contributed by atoms with Crippen molar-refractivity contribution in [1.82, 2.24) is 0 Å². The number of nitrogens with zero attached hydrogens (tertiary/aromatic N) is 1. The Morgan fingerprint density at radius 1 is 1.28 bits per heavy atom. The van der Waals surface area contributed by atoms with Crippen LogP contribution in [0.4, 0.5) is 5.69 Å². The van der Waals surface area contributed by atoms with Crippen LogP contribution in [0.15, 0.2) is 36.4 Å². The van der Waals surface area contributed by atoms with E-state index < -0.39 is 12.1 Å². The second-order valence-electron chi connectivity index (χ2n) is 5.78. The number of benzene rings is 2. The predicted octanol–water partition coefficient (Wildman–Crippen LogP) is 4.08. The van der Waals surface area contributed by atoms with Crippen molar-refractivity contribution in [2.75, 3.05) is 4.90 Å². The van der Waals surface area contributed by atoms with Crippen LogP contribution in [-0.2, 0) is 11.3 Å². The van der Waals surface area contributed by atoms with Gasteiger partial charge in [-0.2, -0.15) is 0 Å². The highest BCUT2D eigenvalue weighted by atomic mass is 35.5. The Morgan fingerprint density at radius 3 is 2.52 bits per heavy atom. The predicted molar refractivity (Wildman–Crippen MR) is 98.1 cm³/mol. The minimum atomic E-state index is -1.15. The van der Waals surface area contributed by atoms with Crippen LogP contribution in [0.3, 0.4) is 0 Å². The lowest BCUT2D eigenvalue weighted by Crippen LogP contribution is -2.44. The zero-order valence-electron chi connectivity index (χ0n) is 13.7. The third-order valence-corrected chi connectivity index (χ3v) is 4.14. The molecule has 2 aromatic rings. The van der Waals surface area contributed by atoms with E-state index >= 15 is 0 Å². The Morgan fingerprint density at radius 2 is 1.92 bits per heavy atom. The number of hydrogen-bond acceptors (Lipinski definition) is 3. The maximum absolute atomic E-state index is 12.6.